The molecule has 1 saturated heterocycles. The standard InChI is InChI=1S/C26H24F9N3O2/c1-36(19-8-16(25(30,31)32)7-17(9-19)26(33,34)35)23(40)37(2)21-13-38(22(39)15-10-24(28,29)11-15)12-20(21)14-3-5-18(27)6-4-14/h3-9,15,20-21H,10-13H2,1-2H3. The quantitative estimate of drug-likeness (QED) is 0.393. The molecule has 0 bridgehead atoms. The van der Waals surface area contributed by atoms with E-state index in [1.165, 1.54) is 24.1 Å². The largest absolute Gasteiger partial charge is 0.416 e. The monoisotopic (exact) mass is 581 g/mol. The van der Waals surface area contributed by atoms with E-state index in [9.17, 15) is 49.1 Å². The molecule has 1 aliphatic heterocycles. The first-order valence-electron chi connectivity index (χ1n) is 12.1. The van der Waals surface area contributed by atoms with Crippen LogP contribution in [0, 0.1) is 11.7 Å². The van der Waals surface area contributed by atoms with E-state index in [-0.39, 0.29) is 19.2 Å². The van der Waals surface area contributed by atoms with Crippen molar-refractivity contribution in [3.05, 3.63) is 65.0 Å². The number of rotatable bonds is 4. The third-order valence-electron chi connectivity index (χ3n) is 7.38. The number of alkyl halides is 8. The van der Waals surface area contributed by atoms with Crippen LogP contribution < -0.4 is 4.90 Å². The minimum atomic E-state index is -5.12. The van der Waals surface area contributed by atoms with Gasteiger partial charge in [0.1, 0.15) is 5.82 Å². The molecule has 2 aromatic carbocycles. The zero-order valence-corrected chi connectivity index (χ0v) is 21.2. The van der Waals surface area contributed by atoms with E-state index in [1.54, 1.807) is 0 Å². The second-order valence-corrected chi connectivity index (χ2v) is 10.1. The molecular formula is C26H24F9N3O2. The maximum Gasteiger partial charge on any atom is 0.416 e. The third kappa shape index (κ3) is 5.99. The van der Waals surface area contributed by atoms with Gasteiger partial charge < -0.3 is 9.80 Å². The fourth-order valence-electron chi connectivity index (χ4n) is 5.11. The number of likely N-dealkylation sites (tertiary alicyclic amines) is 1. The predicted octanol–water partition coefficient (Wildman–Crippen LogP) is 6.39. The number of carbonyl (C=O) groups is 2. The van der Waals surface area contributed by atoms with E-state index < -0.39 is 83.6 Å². The van der Waals surface area contributed by atoms with Gasteiger partial charge in [-0.1, -0.05) is 12.1 Å². The summed E-state index contributed by atoms with van der Waals surface area (Å²) >= 11 is 0. The zero-order valence-electron chi connectivity index (χ0n) is 21.2. The number of anilines is 1. The molecule has 218 valence electrons. The summed E-state index contributed by atoms with van der Waals surface area (Å²) in [6.07, 6.45) is -11.5. The van der Waals surface area contributed by atoms with Gasteiger partial charge in [0.25, 0.3) is 0 Å². The number of halogens is 9. The Morgan fingerprint density at radius 3 is 1.88 bits per heavy atom. The molecule has 2 atom stereocenters. The highest BCUT2D eigenvalue weighted by molar-refractivity contribution is 5.92. The molecule has 40 heavy (non-hydrogen) atoms. The Morgan fingerprint density at radius 1 is 0.875 bits per heavy atom. The van der Waals surface area contributed by atoms with Crippen LogP contribution in [0.1, 0.15) is 35.4 Å². The maximum atomic E-state index is 13.6. The van der Waals surface area contributed by atoms with Crippen LogP contribution in [0.15, 0.2) is 42.5 Å². The van der Waals surface area contributed by atoms with Gasteiger partial charge in [-0.25, -0.2) is 18.0 Å². The van der Waals surface area contributed by atoms with Crippen LogP contribution in [0.2, 0.25) is 0 Å². The van der Waals surface area contributed by atoms with E-state index in [2.05, 4.69) is 0 Å². The van der Waals surface area contributed by atoms with Crippen molar-refractivity contribution >= 4 is 17.6 Å². The summed E-state index contributed by atoms with van der Waals surface area (Å²) in [5.74, 6) is -5.62. The highest BCUT2D eigenvalue weighted by Crippen LogP contribution is 2.44. The molecule has 2 fully saturated rings. The normalized spacial score (nSPS) is 21.2. The molecule has 1 aliphatic carbocycles. The van der Waals surface area contributed by atoms with Crippen LogP contribution >= 0.6 is 0 Å². The molecule has 1 saturated carbocycles. The molecule has 2 aromatic rings. The summed E-state index contributed by atoms with van der Waals surface area (Å²) in [5, 5.41) is 0. The first-order chi connectivity index (χ1) is 18.4. The lowest BCUT2D eigenvalue weighted by atomic mass is 9.80. The SMILES string of the molecule is CN(C(=O)N(C)C1CN(C(=O)C2CC(F)(F)C2)CC1c1ccc(F)cc1)c1cc(C(F)(F)F)cc(C(F)(F)F)c1. The highest BCUT2D eigenvalue weighted by Gasteiger charge is 2.52. The van der Waals surface area contributed by atoms with Crippen LogP contribution in [0.3, 0.4) is 0 Å². The van der Waals surface area contributed by atoms with Gasteiger partial charge in [-0.3, -0.25) is 9.69 Å². The average molecular weight is 581 g/mol. The smallest absolute Gasteiger partial charge is 0.340 e. The number of hydrogen-bond donors (Lipinski definition) is 0. The van der Waals surface area contributed by atoms with Crippen molar-refractivity contribution < 1.29 is 49.1 Å². The number of carbonyl (C=O) groups excluding carboxylic acids is 2. The Morgan fingerprint density at radius 2 is 1.40 bits per heavy atom. The fourth-order valence-corrected chi connectivity index (χ4v) is 5.11. The fraction of sp³-hybridized carbons (Fsp3) is 0.462. The van der Waals surface area contributed by atoms with Gasteiger partial charge >= 0.3 is 18.4 Å². The van der Waals surface area contributed by atoms with Crippen LogP contribution in [0.5, 0.6) is 0 Å². The first kappa shape index (κ1) is 29.5. The molecule has 0 aromatic heterocycles. The van der Waals surface area contributed by atoms with E-state index in [0.29, 0.717) is 22.6 Å². The van der Waals surface area contributed by atoms with E-state index >= 15 is 0 Å². The minimum Gasteiger partial charge on any atom is -0.340 e. The van der Waals surface area contributed by atoms with Gasteiger partial charge in [0.15, 0.2) is 0 Å². The summed E-state index contributed by atoms with van der Waals surface area (Å²) in [4.78, 5) is 29.3. The Hall–Kier alpha value is -3.45. The van der Waals surface area contributed by atoms with Crippen LogP contribution in [0.4, 0.5) is 50.0 Å². The average Bonchev–Trinajstić information content (AvgIpc) is 3.30. The van der Waals surface area contributed by atoms with Gasteiger partial charge in [0.2, 0.25) is 11.8 Å². The zero-order chi connectivity index (χ0) is 29.8. The van der Waals surface area contributed by atoms with Crippen molar-refractivity contribution in [2.45, 2.75) is 43.1 Å². The number of amides is 3. The number of urea groups is 1. The van der Waals surface area contributed by atoms with E-state index in [0.717, 1.165) is 24.1 Å². The van der Waals surface area contributed by atoms with E-state index in [4.69, 9.17) is 0 Å². The Bertz CT molecular complexity index is 1240. The Balaban J connectivity index is 1.63. The first-order valence-corrected chi connectivity index (χ1v) is 12.1. The van der Waals surface area contributed by atoms with Gasteiger partial charge in [-0.15, -0.1) is 0 Å². The number of hydrogen-bond acceptors (Lipinski definition) is 2. The van der Waals surface area contributed by atoms with Crippen LogP contribution in [0.25, 0.3) is 0 Å². The van der Waals surface area contributed by atoms with Crippen LogP contribution in [-0.4, -0.2) is 60.9 Å². The summed E-state index contributed by atoms with van der Waals surface area (Å²) in [6, 6.07) is 4.09. The molecule has 0 radical (unpaired) electrons. The van der Waals surface area contributed by atoms with Gasteiger partial charge in [0.05, 0.1) is 17.2 Å². The molecule has 1 heterocycles. The van der Waals surface area contributed by atoms with Crippen LogP contribution in [-0.2, 0) is 17.1 Å². The van der Waals surface area contributed by atoms with Crippen molar-refractivity contribution in [2.24, 2.45) is 5.92 Å². The van der Waals surface area contributed by atoms with Gasteiger partial charge in [-0.05, 0) is 35.9 Å². The molecule has 5 nitrogen and oxygen atoms in total. The Labute approximate surface area is 223 Å². The summed E-state index contributed by atoms with van der Waals surface area (Å²) in [7, 11) is 2.28. The second kappa shape index (κ2) is 10.2. The van der Waals surface area contributed by atoms with Crippen molar-refractivity contribution in [3.63, 3.8) is 0 Å². The number of benzene rings is 2. The lowest BCUT2D eigenvalue weighted by molar-refractivity contribution is -0.159. The third-order valence-corrected chi connectivity index (χ3v) is 7.38. The van der Waals surface area contributed by atoms with Gasteiger partial charge in [-0.2, -0.15) is 26.3 Å². The van der Waals surface area contributed by atoms with Crippen molar-refractivity contribution in [3.8, 4) is 0 Å². The maximum absolute atomic E-state index is 13.6. The molecule has 0 N–H and O–H groups in total. The molecular weight excluding hydrogens is 557 g/mol. The Kier molecular flexibility index (Phi) is 7.52. The molecule has 14 heteroatoms. The highest BCUT2D eigenvalue weighted by atomic mass is 19.4. The predicted molar refractivity (Wildman–Crippen MR) is 125 cm³/mol. The van der Waals surface area contributed by atoms with Crippen molar-refractivity contribution in [1.82, 2.24) is 9.80 Å². The molecule has 0 spiro atoms. The molecule has 4 rings (SSSR count). The van der Waals surface area contributed by atoms with E-state index in [1.807, 2.05) is 0 Å². The number of nitrogens with zero attached hydrogens (tertiary/aromatic N) is 3. The topological polar surface area (TPSA) is 43.9 Å². The molecule has 2 aliphatic rings. The molecule has 3 amide bonds. The summed E-state index contributed by atoms with van der Waals surface area (Å²) in [5.41, 5.74) is -3.36. The van der Waals surface area contributed by atoms with Crippen molar-refractivity contribution in [1.29, 1.82) is 0 Å². The second-order valence-electron chi connectivity index (χ2n) is 10.1. The lowest BCUT2D eigenvalue weighted by Gasteiger charge is -2.36. The summed E-state index contributed by atoms with van der Waals surface area (Å²) < 4.78 is 120. The molecule has 2 unspecified atom stereocenters. The number of likely N-dealkylation sites (N-methyl/N-ethyl adjacent to an activating group) is 1. The van der Waals surface area contributed by atoms with Gasteiger partial charge in [0, 0.05) is 57.5 Å². The lowest BCUT2D eigenvalue weighted by Crippen LogP contribution is -2.49. The summed E-state index contributed by atoms with van der Waals surface area (Å²) in [6.45, 7) is -0.143. The minimum absolute atomic E-state index is 0.0136. The van der Waals surface area contributed by atoms with Crippen molar-refractivity contribution in [2.75, 3.05) is 32.1 Å².